The first-order valence-electron chi connectivity index (χ1n) is 10.8. The third-order valence-electron chi connectivity index (χ3n) is 5.02. The molecule has 2 heterocycles. The normalized spacial score (nSPS) is 12.1. The van der Waals surface area contributed by atoms with E-state index >= 15 is 0 Å². The predicted molar refractivity (Wildman–Crippen MR) is 149 cm³/mol. The zero-order valence-electron chi connectivity index (χ0n) is 19.3. The Bertz CT molecular complexity index is 1620. The second-order valence-electron chi connectivity index (χ2n) is 7.83. The van der Waals surface area contributed by atoms with Crippen LogP contribution in [0.25, 0.3) is 10.9 Å². The van der Waals surface area contributed by atoms with E-state index in [0.717, 1.165) is 29.2 Å². The van der Waals surface area contributed by atoms with E-state index in [1.165, 1.54) is 17.1 Å². The van der Waals surface area contributed by atoms with Crippen molar-refractivity contribution < 1.29 is 29.3 Å². The Morgan fingerprint density at radius 2 is 1.92 bits per heavy atom. The van der Waals surface area contributed by atoms with Crippen molar-refractivity contribution in [2.45, 2.75) is 28.8 Å². The van der Waals surface area contributed by atoms with Crippen LogP contribution in [0, 0.1) is 9.77 Å². The molecule has 39 heavy (non-hydrogen) atoms. The van der Waals surface area contributed by atoms with Crippen molar-refractivity contribution in [2.75, 3.05) is 10.6 Å². The second-order valence-corrected chi connectivity index (χ2v) is 11.8. The number of amides is 1. The van der Waals surface area contributed by atoms with Crippen molar-refractivity contribution >= 4 is 98.5 Å². The fraction of sp³-hybridized carbons (Fsp3) is 0.182. The summed E-state index contributed by atoms with van der Waals surface area (Å²) in [6.07, 6.45) is -1.09. The molecule has 4 rings (SSSR count). The fourth-order valence-corrected chi connectivity index (χ4v) is 6.13. The minimum Gasteiger partial charge on any atom is -0.481 e. The molecule has 2 aromatic carbocycles. The first-order valence-corrected chi connectivity index (χ1v) is 13.6. The highest BCUT2D eigenvalue weighted by atomic mass is 35.5. The third-order valence-corrected chi connectivity index (χ3v) is 8.38. The number of carbonyl (C=O) groups is 2. The fourth-order valence-electron chi connectivity index (χ4n) is 3.26. The highest BCUT2D eigenvalue weighted by molar-refractivity contribution is 8.01. The van der Waals surface area contributed by atoms with Gasteiger partial charge in [0, 0.05) is 11.1 Å². The predicted octanol–water partition coefficient (Wildman–Crippen LogP) is 4.69. The van der Waals surface area contributed by atoms with Crippen LogP contribution < -0.4 is 10.6 Å². The van der Waals surface area contributed by atoms with E-state index in [9.17, 15) is 24.2 Å². The second kappa shape index (κ2) is 12.5. The lowest BCUT2D eigenvalue weighted by Gasteiger charge is -2.14. The van der Waals surface area contributed by atoms with Gasteiger partial charge < -0.3 is 26.0 Å². The number of aliphatic hydroxyl groups is 2. The van der Waals surface area contributed by atoms with Gasteiger partial charge in [0.1, 0.15) is 24.5 Å². The van der Waals surface area contributed by atoms with Crippen molar-refractivity contribution in [1.29, 1.82) is 0 Å². The number of aliphatic hydroxyl groups excluding tert-OH is 1. The van der Waals surface area contributed by atoms with Crippen LogP contribution in [0.15, 0.2) is 41.0 Å². The minimum absolute atomic E-state index is 0.0460. The summed E-state index contributed by atoms with van der Waals surface area (Å²) in [5.41, 5.74) is 0.960. The van der Waals surface area contributed by atoms with Crippen molar-refractivity contribution in [1.82, 2.24) is 19.7 Å². The molecule has 0 spiro atoms. The van der Waals surface area contributed by atoms with E-state index in [1.54, 1.807) is 18.2 Å². The highest BCUT2D eigenvalue weighted by Gasteiger charge is 2.24. The van der Waals surface area contributed by atoms with Gasteiger partial charge in [-0.05, 0) is 42.5 Å². The average molecular weight is 632 g/mol. The van der Waals surface area contributed by atoms with E-state index in [1.807, 2.05) is 0 Å². The molecule has 204 valence electrons. The van der Waals surface area contributed by atoms with Crippen LogP contribution in [0.4, 0.5) is 21.6 Å². The number of hydrogen-bond donors (Lipinski definition) is 5. The molecule has 0 aliphatic carbocycles. The number of aromatic nitrogens is 4. The van der Waals surface area contributed by atoms with Crippen molar-refractivity contribution in [2.24, 2.45) is 0 Å². The van der Waals surface area contributed by atoms with E-state index < -0.39 is 35.7 Å². The molecule has 5 N–H and O–H groups in total. The minimum atomic E-state index is -1.88. The Kier molecular flexibility index (Phi) is 9.32. The van der Waals surface area contributed by atoms with Gasteiger partial charge in [-0.3, -0.25) is 9.59 Å². The van der Waals surface area contributed by atoms with Crippen LogP contribution in [0.2, 0.25) is 10.0 Å². The van der Waals surface area contributed by atoms with Crippen LogP contribution >= 0.6 is 58.5 Å². The Labute approximate surface area is 242 Å². The van der Waals surface area contributed by atoms with E-state index in [2.05, 4.69) is 25.7 Å². The summed E-state index contributed by atoms with van der Waals surface area (Å²) in [5.74, 6) is -2.05. The Morgan fingerprint density at radius 3 is 2.64 bits per heavy atom. The van der Waals surface area contributed by atoms with Gasteiger partial charge in [0.25, 0.3) is 0 Å². The lowest BCUT2D eigenvalue weighted by Crippen LogP contribution is -2.25. The lowest BCUT2D eigenvalue weighted by atomic mass is 10.2. The summed E-state index contributed by atoms with van der Waals surface area (Å²) in [5, 5.41) is 37.2. The summed E-state index contributed by atoms with van der Waals surface area (Å²) in [6, 6.07) is 7.28. The quantitative estimate of drug-likeness (QED) is 0.0714. The summed E-state index contributed by atoms with van der Waals surface area (Å²) in [4.78, 5) is 32.1. The zero-order chi connectivity index (χ0) is 28.3. The van der Waals surface area contributed by atoms with Gasteiger partial charge in [0.2, 0.25) is 5.91 Å². The third kappa shape index (κ3) is 7.39. The Morgan fingerprint density at radius 1 is 1.18 bits per heavy atom. The van der Waals surface area contributed by atoms with Crippen molar-refractivity contribution in [3.63, 3.8) is 0 Å². The van der Waals surface area contributed by atoms with Crippen LogP contribution in [0.1, 0.15) is 6.42 Å². The van der Waals surface area contributed by atoms with Gasteiger partial charge in [-0.1, -0.05) is 46.3 Å². The highest BCUT2D eigenvalue weighted by Crippen LogP contribution is 2.32. The van der Waals surface area contributed by atoms with Crippen molar-refractivity contribution in [3.8, 4) is 0 Å². The van der Waals surface area contributed by atoms with Gasteiger partial charge in [0.15, 0.2) is 14.6 Å². The number of carboxylic acids is 1. The molecule has 4 aromatic rings. The van der Waals surface area contributed by atoms with Gasteiger partial charge in [-0.2, -0.15) is 5.10 Å². The number of carboxylic acid groups (broad SMARTS) is 1. The Hall–Kier alpha value is -2.92. The molecule has 1 unspecified atom stereocenters. The first-order chi connectivity index (χ1) is 18.5. The molecule has 1 atom stereocenters. The standard InChI is InChI=1S/C22H17Cl2FN6O5S3/c23-11-4-13(25)15(5-12(11)24)29-19-10-3-9(1-2-14(10)26-8-27-19)28-17(32)7-31-22(37)39-21(30-31)38-16(20(35)36)6-18(33)34/h1-5,8,16,20,35-36H,6-7H2,(H,28,32)(H,33,34)(H,26,27,29). The molecule has 0 radical (unpaired) electrons. The molecule has 17 heteroatoms. The molecule has 0 saturated heterocycles. The topological polar surface area (TPSA) is 162 Å². The monoisotopic (exact) mass is 630 g/mol. The number of carbonyl (C=O) groups excluding carboxylic acids is 1. The number of hydrogen-bond acceptors (Lipinski definition) is 11. The molecular formula is C22H17Cl2FN6O5S3. The molecule has 0 bridgehead atoms. The molecule has 2 aromatic heterocycles. The lowest BCUT2D eigenvalue weighted by molar-refractivity contribution is -0.139. The van der Waals surface area contributed by atoms with E-state index in [0.29, 0.717) is 16.6 Å². The van der Waals surface area contributed by atoms with Gasteiger partial charge in [-0.25, -0.2) is 19.0 Å². The maximum Gasteiger partial charge on any atom is 0.304 e. The zero-order valence-corrected chi connectivity index (χ0v) is 23.3. The molecule has 0 aliphatic rings. The molecule has 1 amide bonds. The Balaban J connectivity index is 1.50. The number of aliphatic carboxylic acids is 1. The number of nitrogens with one attached hydrogen (secondary N) is 2. The number of halogens is 3. The van der Waals surface area contributed by atoms with E-state index in [-0.39, 0.29) is 36.4 Å². The summed E-state index contributed by atoms with van der Waals surface area (Å²) >= 11 is 19.0. The van der Waals surface area contributed by atoms with E-state index in [4.69, 9.17) is 40.5 Å². The maximum atomic E-state index is 14.4. The molecule has 0 fully saturated rings. The van der Waals surface area contributed by atoms with Crippen LogP contribution in [-0.2, 0) is 16.1 Å². The van der Waals surface area contributed by atoms with Crippen LogP contribution in [0.3, 0.4) is 0 Å². The van der Waals surface area contributed by atoms with Crippen molar-refractivity contribution in [3.05, 3.63) is 56.5 Å². The van der Waals surface area contributed by atoms with Crippen LogP contribution in [-0.4, -0.2) is 58.5 Å². The molecule has 11 nitrogen and oxygen atoms in total. The smallest absolute Gasteiger partial charge is 0.304 e. The summed E-state index contributed by atoms with van der Waals surface area (Å²) in [6.45, 7) is -0.260. The summed E-state index contributed by atoms with van der Waals surface area (Å²) < 4.78 is 16.1. The van der Waals surface area contributed by atoms with Gasteiger partial charge >= 0.3 is 5.97 Å². The summed E-state index contributed by atoms with van der Waals surface area (Å²) in [7, 11) is 0. The number of benzene rings is 2. The number of anilines is 3. The SMILES string of the molecule is O=C(O)CC(Sc1nn(CC(=O)Nc2ccc3ncnc(Nc4cc(Cl)c(Cl)cc4F)c3c2)c(=S)s1)C(O)O. The number of rotatable bonds is 10. The number of nitrogens with zero attached hydrogens (tertiary/aromatic N) is 4. The molecule has 0 aliphatic heterocycles. The van der Waals surface area contributed by atoms with Gasteiger partial charge in [-0.15, -0.1) is 0 Å². The maximum absolute atomic E-state index is 14.4. The number of thioether (sulfide) groups is 1. The number of fused-ring (bicyclic) bond motifs is 1. The first kappa shape index (κ1) is 29.1. The average Bonchev–Trinajstić information content (AvgIpc) is 3.20. The largest absolute Gasteiger partial charge is 0.481 e. The molecular weight excluding hydrogens is 614 g/mol. The molecule has 0 saturated carbocycles. The van der Waals surface area contributed by atoms with Gasteiger partial charge in [0.05, 0.1) is 32.9 Å². The van der Waals surface area contributed by atoms with Crippen LogP contribution in [0.5, 0.6) is 0 Å².